The van der Waals surface area contributed by atoms with Crippen LogP contribution in [0.25, 0.3) is 0 Å². The third kappa shape index (κ3) is 7.70. The Kier molecular flexibility index (Phi) is 8.45. The average Bonchev–Trinajstić information content (AvgIpc) is 2.57. The average molecular weight is 337 g/mol. The van der Waals surface area contributed by atoms with E-state index < -0.39 is 29.9 Å². The Hall–Kier alpha value is -2.45. The van der Waals surface area contributed by atoms with Crippen molar-refractivity contribution in [1.82, 2.24) is 10.6 Å². The summed E-state index contributed by atoms with van der Waals surface area (Å²) in [5, 5.41) is 4.88. The largest absolute Gasteiger partial charge is 0.459 e. The van der Waals surface area contributed by atoms with E-state index in [4.69, 9.17) is 15.2 Å². The van der Waals surface area contributed by atoms with Gasteiger partial charge in [-0.2, -0.15) is 0 Å². The summed E-state index contributed by atoms with van der Waals surface area (Å²) in [4.78, 5) is 34.5. The van der Waals surface area contributed by atoms with E-state index in [1.807, 2.05) is 30.3 Å². The van der Waals surface area contributed by atoms with Crippen molar-refractivity contribution in [2.24, 2.45) is 5.73 Å². The second kappa shape index (κ2) is 10.3. The van der Waals surface area contributed by atoms with E-state index in [1.165, 1.54) is 13.8 Å². The van der Waals surface area contributed by atoms with Gasteiger partial charge in [-0.05, 0) is 19.4 Å². The molecule has 4 N–H and O–H groups in total. The molecule has 2 atom stereocenters. The third-order valence-corrected chi connectivity index (χ3v) is 2.98. The van der Waals surface area contributed by atoms with Gasteiger partial charge in [-0.25, -0.2) is 4.79 Å². The van der Waals surface area contributed by atoms with Crippen molar-refractivity contribution >= 4 is 17.8 Å². The van der Waals surface area contributed by atoms with Crippen molar-refractivity contribution < 1.29 is 23.9 Å². The summed E-state index contributed by atoms with van der Waals surface area (Å²) in [6.07, 6.45) is 0. The molecule has 0 aromatic heterocycles. The fraction of sp³-hybridized carbons (Fsp3) is 0.438. The van der Waals surface area contributed by atoms with Crippen LogP contribution in [-0.2, 0) is 30.5 Å². The molecule has 8 heteroatoms. The van der Waals surface area contributed by atoms with Crippen molar-refractivity contribution in [2.75, 3.05) is 13.3 Å². The number of esters is 1. The van der Waals surface area contributed by atoms with Crippen LogP contribution >= 0.6 is 0 Å². The predicted molar refractivity (Wildman–Crippen MR) is 86.5 cm³/mol. The molecule has 1 aromatic carbocycles. The van der Waals surface area contributed by atoms with Gasteiger partial charge in [0.05, 0.1) is 6.04 Å². The molecular formula is C16H23N3O5. The van der Waals surface area contributed by atoms with Gasteiger partial charge in [-0.15, -0.1) is 0 Å². The lowest BCUT2D eigenvalue weighted by atomic mass is 10.2. The first-order chi connectivity index (χ1) is 11.4. The van der Waals surface area contributed by atoms with Gasteiger partial charge in [0.1, 0.15) is 26.0 Å². The van der Waals surface area contributed by atoms with E-state index in [2.05, 4.69) is 10.6 Å². The number of carbonyl (C=O) groups is 3. The minimum Gasteiger partial charge on any atom is -0.459 e. The minimum atomic E-state index is -0.753. The second-order valence-corrected chi connectivity index (χ2v) is 5.20. The second-order valence-electron chi connectivity index (χ2n) is 5.20. The minimum absolute atomic E-state index is 0.162. The first-order valence-corrected chi connectivity index (χ1v) is 7.51. The van der Waals surface area contributed by atoms with Gasteiger partial charge in [0, 0.05) is 0 Å². The van der Waals surface area contributed by atoms with Crippen molar-refractivity contribution in [1.29, 1.82) is 0 Å². The molecule has 0 heterocycles. The number of rotatable bonds is 9. The van der Waals surface area contributed by atoms with Gasteiger partial charge in [0.2, 0.25) is 11.8 Å². The molecule has 1 rings (SSSR count). The molecule has 2 amide bonds. The molecule has 8 nitrogen and oxygen atoms in total. The van der Waals surface area contributed by atoms with Crippen LogP contribution in [0.15, 0.2) is 30.3 Å². The third-order valence-electron chi connectivity index (χ3n) is 2.98. The summed E-state index contributed by atoms with van der Waals surface area (Å²) in [6.45, 7) is 2.74. The van der Waals surface area contributed by atoms with Crippen LogP contribution < -0.4 is 16.4 Å². The molecule has 132 valence electrons. The lowest BCUT2D eigenvalue weighted by Gasteiger charge is -2.15. The zero-order valence-electron chi connectivity index (χ0n) is 13.8. The number of benzene rings is 1. The van der Waals surface area contributed by atoms with E-state index in [-0.39, 0.29) is 19.9 Å². The van der Waals surface area contributed by atoms with Gasteiger partial charge in [-0.3, -0.25) is 9.59 Å². The Morgan fingerprint density at radius 1 is 1.12 bits per heavy atom. The maximum atomic E-state index is 11.7. The molecule has 0 unspecified atom stereocenters. The van der Waals surface area contributed by atoms with Crippen LogP contribution in [0.2, 0.25) is 0 Å². The van der Waals surface area contributed by atoms with Crippen LogP contribution in [-0.4, -0.2) is 43.2 Å². The Bertz CT molecular complexity index is 548. The van der Waals surface area contributed by atoms with E-state index in [1.54, 1.807) is 0 Å². The Morgan fingerprint density at radius 2 is 1.79 bits per heavy atom. The van der Waals surface area contributed by atoms with Crippen molar-refractivity contribution in [2.45, 2.75) is 32.5 Å². The van der Waals surface area contributed by atoms with Gasteiger partial charge in [-0.1, -0.05) is 30.3 Å². The fourth-order valence-corrected chi connectivity index (χ4v) is 1.60. The fourth-order valence-electron chi connectivity index (χ4n) is 1.60. The summed E-state index contributed by atoms with van der Waals surface area (Å²) >= 11 is 0. The van der Waals surface area contributed by atoms with Crippen LogP contribution in [0.1, 0.15) is 19.4 Å². The molecule has 0 aliphatic carbocycles. The lowest BCUT2D eigenvalue weighted by Crippen LogP contribution is -2.49. The standard InChI is InChI=1S/C16H23N3O5/c1-11(17)15(21)19-12(2)16(22)18-10-23-9-14(20)24-8-13-6-4-3-5-7-13/h3-7,11-12H,8-10,17H2,1-2H3,(H,18,22)(H,19,21)/t11-,12-/m0/s1. The highest BCUT2D eigenvalue weighted by Crippen LogP contribution is 2.00. The number of amides is 2. The zero-order chi connectivity index (χ0) is 17.9. The molecule has 0 fully saturated rings. The van der Waals surface area contributed by atoms with Gasteiger partial charge >= 0.3 is 5.97 Å². The van der Waals surface area contributed by atoms with E-state index >= 15 is 0 Å². The SMILES string of the molecule is C[C@H](N)C(=O)N[C@@H](C)C(=O)NCOCC(=O)OCc1ccccc1. The maximum absolute atomic E-state index is 11.7. The van der Waals surface area contributed by atoms with Crippen molar-refractivity contribution in [3.05, 3.63) is 35.9 Å². The highest BCUT2D eigenvalue weighted by Gasteiger charge is 2.17. The van der Waals surface area contributed by atoms with E-state index in [0.29, 0.717) is 0 Å². The smallest absolute Gasteiger partial charge is 0.332 e. The number of nitrogens with one attached hydrogen (secondary N) is 2. The number of hydrogen-bond donors (Lipinski definition) is 3. The van der Waals surface area contributed by atoms with Crippen LogP contribution in [0.5, 0.6) is 0 Å². The first kappa shape index (κ1) is 19.6. The number of nitrogens with two attached hydrogens (primary N) is 1. The number of hydrogen-bond acceptors (Lipinski definition) is 6. The van der Waals surface area contributed by atoms with Gasteiger partial charge in [0.15, 0.2) is 0 Å². The molecule has 0 bridgehead atoms. The molecule has 0 aliphatic heterocycles. The molecule has 1 aromatic rings. The van der Waals surface area contributed by atoms with E-state index in [0.717, 1.165) is 5.56 Å². The summed E-state index contributed by atoms with van der Waals surface area (Å²) in [7, 11) is 0. The van der Waals surface area contributed by atoms with Crippen LogP contribution in [0, 0.1) is 0 Å². The molecule has 24 heavy (non-hydrogen) atoms. The molecular weight excluding hydrogens is 314 g/mol. The Balaban J connectivity index is 2.15. The normalized spacial score (nSPS) is 12.8. The lowest BCUT2D eigenvalue weighted by molar-refractivity contribution is -0.151. The molecule has 0 saturated carbocycles. The number of carbonyl (C=O) groups excluding carboxylic acids is 3. The molecule has 0 saturated heterocycles. The molecule has 0 aliphatic rings. The zero-order valence-corrected chi connectivity index (χ0v) is 13.8. The first-order valence-electron chi connectivity index (χ1n) is 7.51. The van der Waals surface area contributed by atoms with Crippen LogP contribution in [0.3, 0.4) is 0 Å². The molecule has 0 radical (unpaired) electrons. The van der Waals surface area contributed by atoms with Gasteiger partial charge in [0.25, 0.3) is 0 Å². The maximum Gasteiger partial charge on any atom is 0.332 e. The van der Waals surface area contributed by atoms with Gasteiger partial charge < -0.3 is 25.8 Å². The highest BCUT2D eigenvalue weighted by atomic mass is 16.6. The number of ether oxygens (including phenoxy) is 2. The quantitative estimate of drug-likeness (QED) is 0.322. The Labute approximate surface area is 140 Å². The predicted octanol–water partition coefficient (Wildman–Crippen LogP) is -0.328. The summed E-state index contributed by atoms with van der Waals surface area (Å²) < 4.78 is 10.0. The summed E-state index contributed by atoms with van der Waals surface area (Å²) in [5.74, 6) is -1.41. The Morgan fingerprint density at radius 3 is 2.42 bits per heavy atom. The summed E-state index contributed by atoms with van der Waals surface area (Å²) in [5.41, 5.74) is 6.26. The topological polar surface area (TPSA) is 120 Å². The highest BCUT2D eigenvalue weighted by molar-refractivity contribution is 5.89. The van der Waals surface area contributed by atoms with Crippen molar-refractivity contribution in [3.63, 3.8) is 0 Å². The van der Waals surface area contributed by atoms with E-state index in [9.17, 15) is 14.4 Å². The summed E-state index contributed by atoms with van der Waals surface area (Å²) in [6, 6.07) is 7.79. The monoisotopic (exact) mass is 337 g/mol. The van der Waals surface area contributed by atoms with Crippen molar-refractivity contribution in [3.8, 4) is 0 Å². The molecule has 0 spiro atoms. The van der Waals surface area contributed by atoms with Crippen LogP contribution in [0.4, 0.5) is 0 Å².